The summed E-state index contributed by atoms with van der Waals surface area (Å²) < 4.78 is 12.0. The van der Waals surface area contributed by atoms with Crippen LogP contribution >= 0.6 is 0 Å². The monoisotopic (exact) mass is 386 g/mol. The molecular weight excluding hydrogens is 348 g/mol. The predicted octanol–water partition coefficient (Wildman–Crippen LogP) is 4.20. The van der Waals surface area contributed by atoms with Crippen LogP contribution in [0.4, 0.5) is 0 Å². The van der Waals surface area contributed by atoms with Gasteiger partial charge < -0.3 is 9.47 Å². The highest BCUT2D eigenvalue weighted by Crippen LogP contribution is 2.37. The van der Waals surface area contributed by atoms with Gasteiger partial charge >= 0.3 is 0 Å². The van der Waals surface area contributed by atoms with Crippen molar-refractivity contribution in [3.8, 4) is 5.75 Å². The van der Waals surface area contributed by atoms with Crippen molar-refractivity contribution >= 4 is 0 Å². The highest BCUT2D eigenvalue weighted by Gasteiger charge is 2.33. The van der Waals surface area contributed by atoms with Crippen molar-refractivity contribution in [1.29, 1.82) is 0 Å². The van der Waals surface area contributed by atoms with E-state index < -0.39 is 0 Å². The molecule has 4 nitrogen and oxygen atoms in total. The Hall–Kier alpha value is -1.10. The van der Waals surface area contributed by atoms with Gasteiger partial charge in [0.05, 0.1) is 19.3 Å². The van der Waals surface area contributed by atoms with E-state index in [2.05, 4.69) is 42.7 Å². The molecule has 3 fully saturated rings. The van der Waals surface area contributed by atoms with Crippen molar-refractivity contribution in [2.45, 2.75) is 65.0 Å². The molecule has 2 saturated heterocycles. The van der Waals surface area contributed by atoms with E-state index in [1.807, 2.05) is 0 Å². The molecule has 4 rings (SSSR count). The Kier molecular flexibility index (Phi) is 6.59. The first-order valence-electron chi connectivity index (χ1n) is 11.4. The molecule has 0 spiro atoms. The van der Waals surface area contributed by atoms with E-state index >= 15 is 0 Å². The molecule has 0 radical (unpaired) electrons. The zero-order chi connectivity index (χ0) is 19.5. The molecule has 0 unspecified atom stereocenters. The lowest BCUT2D eigenvalue weighted by atomic mass is 9.81. The summed E-state index contributed by atoms with van der Waals surface area (Å²) in [7, 11) is 0. The van der Waals surface area contributed by atoms with E-state index in [1.165, 1.54) is 62.0 Å². The quantitative estimate of drug-likeness (QED) is 0.701. The van der Waals surface area contributed by atoms with E-state index in [0.717, 1.165) is 44.5 Å². The number of morpholine rings is 1. The van der Waals surface area contributed by atoms with Gasteiger partial charge in [-0.1, -0.05) is 19.9 Å². The van der Waals surface area contributed by atoms with Gasteiger partial charge in [0.15, 0.2) is 0 Å². The average molecular weight is 387 g/mol. The molecule has 0 N–H and O–H groups in total. The second-order valence-electron chi connectivity index (χ2n) is 9.44. The number of likely N-dealkylation sites (tertiary alicyclic amines) is 1. The SMILES string of the molecule is Cc1cc(OC2CC(CN3CCOCC3)C2)c(C(C)C)cc1CN1CCCC1. The first kappa shape index (κ1) is 20.2. The smallest absolute Gasteiger partial charge is 0.123 e. The van der Waals surface area contributed by atoms with Crippen LogP contribution < -0.4 is 4.74 Å². The second-order valence-corrected chi connectivity index (χ2v) is 9.44. The van der Waals surface area contributed by atoms with Crippen molar-refractivity contribution in [2.75, 3.05) is 45.9 Å². The molecule has 0 aromatic heterocycles. The number of aryl methyl sites for hydroxylation is 1. The van der Waals surface area contributed by atoms with E-state index in [9.17, 15) is 0 Å². The molecule has 4 heteroatoms. The van der Waals surface area contributed by atoms with Crippen LogP contribution in [-0.4, -0.2) is 61.8 Å². The molecule has 2 heterocycles. The lowest BCUT2D eigenvalue weighted by Gasteiger charge is -2.40. The molecule has 1 saturated carbocycles. The Morgan fingerprint density at radius 1 is 1.04 bits per heavy atom. The van der Waals surface area contributed by atoms with Gasteiger partial charge in [-0.3, -0.25) is 9.80 Å². The van der Waals surface area contributed by atoms with Crippen molar-refractivity contribution in [3.05, 3.63) is 28.8 Å². The third kappa shape index (κ3) is 4.90. The fourth-order valence-corrected chi connectivity index (χ4v) is 4.90. The summed E-state index contributed by atoms with van der Waals surface area (Å²) in [5.74, 6) is 2.42. The molecule has 156 valence electrons. The third-order valence-electron chi connectivity index (χ3n) is 6.79. The van der Waals surface area contributed by atoms with Crippen LogP contribution in [0.25, 0.3) is 0 Å². The van der Waals surface area contributed by atoms with Crippen LogP contribution in [0, 0.1) is 12.8 Å². The number of benzene rings is 1. The molecule has 2 aliphatic heterocycles. The Balaban J connectivity index is 1.35. The fourth-order valence-electron chi connectivity index (χ4n) is 4.90. The minimum Gasteiger partial charge on any atom is -0.490 e. The number of ether oxygens (including phenoxy) is 2. The zero-order valence-corrected chi connectivity index (χ0v) is 18.1. The predicted molar refractivity (Wildman–Crippen MR) is 114 cm³/mol. The Morgan fingerprint density at radius 3 is 2.43 bits per heavy atom. The molecule has 1 aromatic carbocycles. The Morgan fingerprint density at radius 2 is 1.75 bits per heavy atom. The number of rotatable bonds is 7. The minimum absolute atomic E-state index is 0.396. The van der Waals surface area contributed by atoms with Gasteiger partial charge in [-0.05, 0) is 80.3 Å². The van der Waals surface area contributed by atoms with E-state index in [4.69, 9.17) is 9.47 Å². The highest BCUT2D eigenvalue weighted by atomic mass is 16.5. The van der Waals surface area contributed by atoms with Crippen molar-refractivity contribution < 1.29 is 9.47 Å². The maximum absolute atomic E-state index is 6.51. The molecule has 0 atom stereocenters. The summed E-state index contributed by atoms with van der Waals surface area (Å²) >= 11 is 0. The topological polar surface area (TPSA) is 24.9 Å². The number of hydrogen-bond donors (Lipinski definition) is 0. The Bertz CT molecular complexity index is 642. The van der Waals surface area contributed by atoms with Gasteiger partial charge in [0.25, 0.3) is 0 Å². The van der Waals surface area contributed by atoms with Crippen LogP contribution in [0.15, 0.2) is 12.1 Å². The summed E-state index contributed by atoms with van der Waals surface area (Å²) in [6.45, 7) is 15.6. The van der Waals surface area contributed by atoms with Crippen LogP contribution in [0.1, 0.15) is 62.1 Å². The third-order valence-corrected chi connectivity index (χ3v) is 6.79. The molecule has 1 aliphatic carbocycles. The zero-order valence-electron chi connectivity index (χ0n) is 18.1. The summed E-state index contributed by atoms with van der Waals surface area (Å²) in [5.41, 5.74) is 4.25. The van der Waals surface area contributed by atoms with Crippen LogP contribution in [0.5, 0.6) is 5.75 Å². The second kappa shape index (κ2) is 9.15. The molecule has 0 bridgehead atoms. The summed E-state index contributed by atoms with van der Waals surface area (Å²) in [6, 6.07) is 4.74. The lowest BCUT2D eigenvalue weighted by molar-refractivity contribution is -0.000140. The minimum atomic E-state index is 0.396. The van der Waals surface area contributed by atoms with Gasteiger partial charge in [0.2, 0.25) is 0 Å². The van der Waals surface area contributed by atoms with Crippen molar-refractivity contribution in [1.82, 2.24) is 9.80 Å². The first-order chi connectivity index (χ1) is 13.6. The largest absolute Gasteiger partial charge is 0.490 e. The van der Waals surface area contributed by atoms with Gasteiger partial charge in [-0.25, -0.2) is 0 Å². The summed E-state index contributed by atoms with van der Waals surface area (Å²) in [4.78, 5) is 5.15. The van der Waals surface area contributed by atoms with Gasteiger partial charge in [-0.2, -0.15) is 0 Å². The van der Waals surface area contributed by atoms with Crippen molar-refractivity contribution in [2.24, 2.45) is 5.92 Å². The lowest BCUT2D eigenvalue weighted by Crippen LogP contribution is -2.45. The first-order valence-corrected chi connectivity index (χ1v) is 11.4. The highest BCUT2D eigenvalue weighted by molar-refractivity contribution is 5.44. The van der Waals surface area contributed by atoms with Crippen LogP contribution in [0.3, 0.4) is 0 Å². The standard InChI is InChI=1S/C24H38N2O2/c1-18(2)23-15-21(17-25-6-4-5-7-25)19(3)12-24(23)28-22-13-20(14-22)16-26-8-10-27-11-9-26/h12,15,18,20,22H,4-11,13-14,16-17H2,1-3H3. The van der Waals surface area contributed by atoms with Gasteiger partial charge in [0, 0.05) is 26.2 Å². The molecule has 3 aliphatic rings. The Labute approximate surface area is 171 Å². The molecule has 1 aromatic rings. The van der Waals surface area contributed by atoms with Crippen LogP contribution in [-0.2, 0) is 11.3 Å². The number of hydrogen-bond acceptors (Lipinski definition) is 4. The van der Waals surface area contributed by atoms with Crippen LogP contribution in [0.2, 0.25) is 0 Å². The summed E-state index contributed by atoms with van der Waals surface area (Å²) in [6.07, 6.45) is 5.50. The molecule has 28 heavy (non-hydrogen) atoms. The maximum atomic E-state index is 6.51. The van der Waals surface area contributed by atoms with E-state index in [-0.39, 0.29) is 0 Å². The van der Waals surface area contributed by atoms with Gasteiger partial charge in [0.1, 0.15) is 5.75 Å². The van der Waals surface area contributed by atoms with Gasteiger partial charge in [-0.15, -0.1) is 0 Å². The number of nitrogens with zero attached hydrogens (tertiary/aromatic N) is 2. The average Bonchev–Trinajstić information content (AvgIpc) is 3.15. The van der Waals surface area contributed by atoms with E-state index in [0.29, 0.717) is 12.0 Å². The van der Waals surface area contributed by atoms with E-state index in [1.54, 1.807) is 0 Å². The summed E-state index contributed by atoms with van der Waals surface area (Å²) in [5, 5.41) is 0. The fraction of sp³-hybridized carbons (Fsp3) is 0.750. The van der Waals surface area contributed by atoms with Crippen molar-refractivity contribution in [3.63, 3.8) is 0 Å². The normalized spacial score (nSPS) is 26.6. The maximum Gasteiger partial charge on any atom is 0.123 e. The molecular formula is C24H38N2O2. The molecule has 0 amide bonds.